The molecule has 3 heteroatoms. The van der Waals surface area contributed by atoms with E-state index in [2.05, 4.69) is 67.4 Å². The van der Waals surface area contributed by atoms with Gasteiger partial charge in [0.05, 0.1) is 0 Å². The van der Waals surface area contributed by atoms with E-state index in [0.717, 1.165) is 25.9 Å². The van der Waals surface area contributed by atoms with Crippen LogP contribution < -0.4 is 5.32 Å². The van der Waals surface area contributed by atoms with E-state index in [1.54, 1.807) is 0 Å². The molecule has 2 rings (SSSR count). The highest BCUT2D eigenvalue weighted by molar-refractivity contribution is 5.23. The molecule has 0 radical (unpaired) electrons. The second kappa shape index (κ2) is 7.21. The maximum absolute atomic E-state index is 3.53. The first-order valence-corrected chi connectivity index (χ1v) is 7.78. The van der Waals surface area contributed by atoms with E-state index in [1.165, 1.54) is 17.7 Å². The van der Waals surface area contributed by atoms with Crippen molar-refractivity contribution in [3.8, 4) is 0 Å². The highest BCUT2D eigenvalue weighted by atomic mass is 15.3. The first kappa shape index (κ1) is 15.5. The Balaban J connectivity index is 2.03. The molecule has 0 aromatic heterocycles. The third-order valence-electron chi connectivity index (χ3n) is 4.62. The Morgan fingerprint density at radius 3 is 2.40 bits per heavy atom. The van der Waals surface area contributed by atoms with Crippen LogP contribution in [0.3, 0.4) is 0 Å². The van der Waals surface area contributed by atoms with Crippen molar-refractivity contribution < 1.29 is 0 Å². The van der Waals surface area contributed by atoms with Crippen LogP contribution in [0.25, 0.3) is 0 Å². The standard InChI is InChI=1S/C17H29N3/c1-5-14-6-8-15(9-7-14)12-16(18-2)17-13-19(3)10-11-20(17)4/h6-9,16-18H,5,10-13H2,1-4H3. The van der Waals surface area contributed by atoms with Crippen LogP contribution in [0.1, 0.15) is 18.1 Å². The first-order chi connectivity index (χ1) is 9.63. The van der Waals surface area contributed by atoms with Crippen molar-refractivity contribution in [1.29, 1.82) is 0 Å². The maximum atomic E-state index is 3.53. The summed E-state index contributed by atoms with van der Waals surface area (Å²) in [6.45, 7) is 5.69. The summed E-state index contributed by atoms with van der Waals surface area (Å²) in [5.74, 6) is 0. The normalized spacial score (nSPS) is 22.9. The van der Waals surface area contributed by atoms with Gasteiger partial charge in [-0.2, -0.15) is 0 Å². The number of benzene rings is 1. The molecule has 1 heterocycles. The van der Waals surface area contributed by atoms with Gasteiger partial charge in [0.2, 0.25) is 0 Å². The van der Waals surface area contributed by atoms with Crippen LogP contribution >= 0.6 is 0 Å². The number of aryl methyl sites for hydroxylation is 1. The van der Waals surface area contributed by atoms with Crippen LogP contribution in [0.15, 0.2) is 24.3 Å². The van der Waals surface area contributed by atoms with Gasteiger partial charge in [0.15, 0.2) is 0 Å². The molecule has 0 amide bonds. The van der Waals surface area contributed by atoms with E-state index in [1.807, 2.05) is 0 Å². The Morgan fingerprint density at radius 2 is 1.80 bits per heavy atom. The molecule has 0 saturated carbocycles. The van der Waals surface area contributed by atoms with Crippen molar-refractivity contribution in [1.82, 2.24) is 15.1 Å². The SMILES string of the molecule is CCc1ccc(CC(NC)C2CN(C)CCN2C)cc1. The van der Waals surface area contributed by atoms with Gasteiger partial charge in [-0.3, -0.25) is 4.90 Å². The minimum absolute atomic E-state index is 0.509. The topological polar surface area (TPSA) is 18.5 Å². The lowest BCUT2D eigenvalue weighted by atomic mass is 9.96. The Hall–Kier alpha value is -0.900. The molecule has 1 aromatic rings. The lowest BCUT2D eigenvalue weighted by Crippen LogP contribution is -2.58. The second-order valence-electron chi connectivity index (χ2n) is 6.08. The highest BCUT2D eigenvalue weighted by Crippen LogP contribution is 2.15. The monoisotopic (exact) mass is 275 g/mol. The van der Waals surface area contributed by atoms with E-state index in [-0.39, 0.29) is 0 Å². The highest BCUT2D eigenvalue weighted by Gasteiger charge is 2.28. The molecule has 2 atom stereocenters. The van der Waals surface area contributed by atoms with Crippen LogP contribution in [-0.4, -0.2) is 62.7 Å². The minimum atomic E-state index is 0.509. The lowest BCUT2D eigenvalue weighted by Gasteiger charge is -2.42. The molecule has 2 unspecified atom stereocenters. The molecular formula is C17H29N3. The fraction of sp³-hybridized carbons (Fsp3) is 0.647. The Morgan fingerprint density at radius 1 is 1.15 bits per heavy atom. The summed E-state index contributed by atoms with van der Waals surface area (Å²) in [7, 11) is 6.57. The fourth-order valence-electron chi connectivity index (χ4n) is 3.07. The Kier molecular flexibility index (Phi) is 5.58. The van der Waals surface area contributed by atoms with Crippen LogP contribution in [0.4, 0.5) is 0 Å². The molecule has 3 nitrogen and oxygen atoms in total. The van der Waals surface area contributed by atoms with Gasteiger partial charge in [0, 0.05) is 31.7 Å². The average Bonchev–Trinajstić information content (AvgIpc) is 2.48. The number of rotatable bonds is 5. The molecule has 0 spiro atoms. The molecule has 1 fully saturated rings. The largest absolute Gasteiger partial charge is 0.315 e. The van der Waals surface area contributed by atoms with Crippen molar-refractivity contribution in [2.45, 2.75) is 31.8 Å². The van der Waals surface area contributed by atoms with Gasteiger partial charge in [0.25, 0.3) is 0 Å². The summed E-state index contributed by atoms with van der Waals surface area (Å²) < 4.78 is 0. The molecule has 1 aliphatic heterocycles. The summed E-state index contributed by atoms with van der Waals surface area (Å²) in [4.78, 5) is 4.94. The van der Waals surface area contributed by atoms with Crippen molar-refractivity contribution >= 4 is 0 Å². The van der Waals surface area contributed by atoms with E-state index in [9.17, 15) is 0 Å². The van der Waals surface area contributed by atoms with Crippen molar-refractivity contribution in [2.24, 2.45) is 0 Å². The summed E-state index contributed by atoms with van der Waals surface area (Å²) in [5.41, 5.74) is 2.85. The average molecular weight is 275 g/mol. The molecule has 0 bridgehead atoms. The number of hydrogen-bond acceptors (Lipinski definition) is 3. The molecule has 1 aromatic carbocycles. The van der Waals surface area contributed by atoms with Crippen LogP contribution in [0.2, 0.25) is 0 Å². The van der Waals surface area contributed by atoms with Crippen LogP contribution in [0, 0.1) is 0 Å². The van der Waals surface area contributed by atoms with Gasteiger partial charge in [-0.25, -0.2) is 0 Å². The number of piperazine rings is 1. The summed E-state index contributed by atoms with van der Waals surface area (Å²) >= 11 is 0. The number of likely N-dealkylation sites (N-methyl/N-ethyl adjacent to an activating group) is 3. The summed E-state index contributed by atoms with van der Waals surface area (Å²) in [6, 6.07) is 10.2. The zero-order valence-corrected chi connectivity index (χ0v) is 13.4. The summed E-state index contributed by atoms with van der Waals surface area (Å²) in [5, 5.41) is 3.53. The molecule has 1 saturated heterocycles. The van der Waals surface area contributed by atoms with Gasteiger partial charge in [-0.1, -0.05) is 31.2 Å². The molecule has 1 aliphatic rings. The lowest BCUT2D eigenvalue weighted by molar-refractivity contribution is 0.0897. The number of nitrogens with zero attached hydrogens (tertiary/aromatic N) is 2. The quantitative estimate of drug-likeness (QED) is 0.881. The molecule has 1 N–H and O–H groups in total. The molecule has 112 valence electrons. The Bertz CT molecular complexity index is 401. The zero-order valence-electron chi connectivity index (χ0n) is 13.4. The van der Waals surface area contributed by atoms with Gasteiger partial charge in [0.1, 0.15) is 0 Å². The van der Waals surface area contributed by atoms with E-state index in [4.69, 9.17) is 0 Å². The molecule has 0 aliphatic carbocycles. The van der Waals surface area contributed by atoms with Crippen LogP contribution in [-0.2, 0) is 12.8 Å². The van der Waals surface area contributed by atoms with Crippen LogP contribution in [0.5, 0.6) is 0 Å². The first-order valence-electron chi connectivity index (χ1n) is 7.78. The van der Waals surface area contributed by atoms with Crippen molar-refractivity contribution in [2.75, 3.05) is 40.8 Å². The predicted octanol–water partition coefficient (Wildman–Crippen LogP) is 1.63. The third-order valence-corrected chi connectivity index (χ3v) is 4.62. The predicted molar refractivity (Wildman–Crippen MR) is 86.3 cm³/mol. The fourth-order valence-corrected chi connectivity index (χ4v) is 3.07. The second-order valence-corrected chi connectivity index (χ2v) is 6.08. The number of hydrogen-bond donors (Lipinski definition) is 1. The maximum Gasteiger partial charge on any atom is 0.0377 e. The summed E-state index contributed by atoms with van der Waals surface area (Å²) in [6.07, 6.45) is 2.22. The Labute approximate surface area is 124 Å². The van der Waals surface area contributed by atoms with Gasteiger partial charge < -0.3 is 10.2 Å². The smallest absolute Gasteiger partial charge is 0.0377 e. The van der Waals surface area contributed by atoms with E-state index < -0.39 is 0 Å². The third kappa shape index (κ3) is 3.81. The van der Waals surface area contributed by atoms with Crippen molar-refractivity contribution in [3.05, 3.63) is 35.4 Å². The van der Waals surface area contributed by atoms with E-state index in [0.29, 0.717) is 12.1 Å². The number of nitrogens with one attached hydrogen (secondary N) is 1. The van der Waals surface area contributed by atoms with Gasteiger partial charge >= 0.3 is 0 Å². The minimum Gasteiger partial charge on any atom is -0.315 e. The zero-order chi connectivity index (χ0) is 14.5. The molecular weight excluding hydrogens is 246 g/mol. The van der Waals surface area contributed by atoms with E-state index >= 15 is 0 Å². The van der Waals surface area contributed by atoms with Gasteiger partial charge in [-0.05, 0) is 45.1 Å². The molecule has 20 heavy (non-hydrogen) atoms. The van der Waals surface area contributed by atoms with Gasteiger partial charge in [-0.15, -0.1) is 0 Å². The van der Waals surface area contributed by atoms with Crippen molar-refractivity contribution in [3.63, 3.8) is 0 Å².